The number of nitriles is 1. The van der Waals surface area contributed by atoms with Gasteiger partial charge in [-0.05, 0) is 37.5 Å². The van der Waals surface area contributed by atoms with Crippen LogP contribution in [0.5, 0.6) is 0 Å². The summed E-state index contributed by atoms with van der Waals surface area (Å²) in [5.41, 5.74) is -0.382. The highest BCUT2D eigenvalue weighted by Crippen LogP contribution is 2.33. The summed E-state index contributed by atoms with van der Waals surface area (Å²) in [6, 6.07) is 8.20. The van der Waals surface area contributed by atoms with Crippen molar-refractivity contribution in [3.63, 3.8) is 0 Å². The Hall–Kier alpha value is -1.91. The van der Waals surface area contributed by atoms with E-state index in [1.165, 1.54) is 6.92 Å². The molecule has 0 bridgehead atoms. The summed E-state index contributed by atoms with van der Waals surface area (Å²) in [4.78, 5) is 11.4. The Balaban J connectivity index is 2.26. The van der Waals surface area contributed by atoms with E-state index >= 15 is 0 Å². The molecule has 112 valence electrons. The first-order valence-corrected chi connectivity index (χ1v) is 8.13. The van der Waals surface area contributed by atoms with Crippen molar-refractivity contribution in [3.8, 4) is 6.07 Å². The van der Waals surface area contributed by atoms with E-state index in [0.29, 0.717) is 24.0 Å². The average molecular weight is 308 g/mol. The highest BCUT2D eigenvalue weighted by molar-refractivity contribution is 7.88. The molecule has 1 aromatic carbocycles. The largest absolute Gasteiger partial charge is 0.480 e. The average Bonchev–Trinajstić information content (AvgIpc) is 2.84. The molecule has 1 atom stereocenters. The van der Waals surface area contributed by atoms with Gasteiger partial charge in [-0.25, -0.2) is 8.42 Å². The molecule has 1 aliphatic heterocycles. The van der Waals surface area contributed by atoms with E-state index in [4.69, 9.17) is 5.26 Å². The third-order valence-corrected chi connectivity index (χ3v) is 5.76. The maximum atomic E-state index is 12.5. The zero-order valence-electron chi connectivity index (χ0n) is 11.6. The van der Waals surface area contributed by atoms with Gasteiger partial charge in [-0.3, -0.25) is 4.79 Å². The van der Waals surface area contributed by atoms with Crippen molar-refractivity contribution >= 4 is 16.0 Å². The number of carbonyl (C=O) groups is 1. The van der Waals surface area contributed by atoms with Crippen LogP contribution in [-0.4, -0.2) is 35.9 Å². The standard InChI is InChI=1S/C14H16N2O4S/c1-14(13(17)18)7-2-8-16(14)21(19,20)10-12-5-3-11(9-15)4-6-12/h3-6H,2,7-8,10H2,1H3,(H,17,18). The van der Waals surface area contributed by atoms with Gasteiger partial charge in [0, 0.05) is 6.54 Å². The molecule has 1 heterocycles. The fourth-order valence-corrected chi connectivity index (χ4v) is 4.52. The van der Waals surface area contributed by atoms with Crippen LogP contribution >= 0.6 is 0 Å². The van der Waals surface area contributed by atoms with Crippen molar-refractivity contribution in [1.82, 2.24) is 4.31 Å². The summed E-state index contributed by atoms with van der Waals surface area (Å²) in [7, 11) is -3.72. The summed E-state index contributed by atoms with van der Waals surface area (Å²) in [6.07, 6.45) is 0.852. The van der Waals surface area contributed by atoms with Gasteiger partial charge in [0.15, 0.2) is 0 Å². The molecule has 0 amide bonds. The van der Waals surface area contributed by atoms with E-state index in [0.717, 1.165) is 4.31 Å². The van der Waals surface area contributed by atoms with E-state index in [9.17, 15) is 18.3 Å². The van der Waals surface area contributed by atoms with E-state index in [1.54, 1.807) is 24.3 Å². The van der Waals surface area contributed by atoms with Crippen LogP contribution in [0.3, 0.4) is 0 Å². The molecule has 1 aromatic rings. The number of hydrogen-bond acceptors (Lipinski definition) is 4. The predicted octanol–water partition coefficient (Wildman–Crippen LogP) is 1.33. The molecule has 0 saturated carbocycles. The van der Waals surface area contributed by atoms with Gasteiger partial charge in [0.1, 0.15) is 5.54 Å². The van der Waals surface area contributed by atoms with Crippen LogP contribution in [0.4, 0.5) is 0 Å². The number of hydrogen-bond donors (Lipinski definition) is 1. The second kappa shape index (κ2) is 5.47. The molecule has 1 saturated heterocycles. The number of carboxylic acids is 1. The first-order chi connectivity index (χ1) is 9.79. The number of aliphatic carboxylic acids is 1. The maximum Gasteiger partial charge on any atom is 0.324 e. The number of nitrogens with zero attached hydrogens (tertiary/aromatic N) is 2. The third-order valence-electron chi connectivity index (χ3n) is 3.80. The Labute approximate surface area is 123 Å². The molecule has 21 heavy (non-hydrogen) atoms. The van der Waals surface area contributed by atoms with Gasteiger partial charge in [-0.1, -0.05) is 12.1 Å². The van der Waals surface area contributed by atoms with Gasteiger partial charge in [0.25, 0.3) is 0 Å². The van der Waals surface area contributed by atoms with Crippen molar-refractivity contribution in [1.29, 1.82) is 5.26 Å². The van der Waals surface area contributed by atoms with Crippen LogP contribution in [0.2, 0.25) is 0 Å². The van der Waals surface area contributed by atoms with Crippen molar-refractivity contribution in [2.75, 3.05) is 6.54 Å². The second-order valence-electron chi connectivity index (χ2n) is 5.32. The molecular formula is C14H16N2O4S. The minimum atomic E-state index is -3.72. The summed E-state index contributed by atoms with van der Waals surface area (Å²) >= 11 is 0. The molecule has 1 N–H and O–H groups in total. The van der Waals surface area contributed by atoms with Crippen LogP contribution in [0.25, 0.3) is 0 Å². The molecule has 0 radical (unpaired) electrons. The number of carboxylic acid groups (broad SMARTS) is 1. The maximum absolute atomic E-state index is 12.5. The molecule has 0 aliphatic carbocycles. The van der Waals surface area contributed by atoms with Gasteiger partial charge < -0.3 is 5.11 Å². The fraction of sp³-hybridized carbons (Fsp3) is 0.429. The van der Waals surface area contributed by atoms with Gasteiger partial charge in [0.05, 0.1) is 17.4 Å². The molecule has 0 spiro atoms. The highest BCUT2D eigenvalue weighted by atomic mass is 32.2. The first-order valence-electron chi connectivity index (χ1n) is 6.52. The molecular weight excluding hydrogens is 292 g/mol. The van der Waals surface area contributed by atoms with Gasteiger partial charge in [-0.15, -0.1) is 0 Å². The quantitative estimate of drug-likeness (QED) is 0.904. The van der Waals surface area contributed by atoms with Gasteiger partial charge in [0.2, 0.25) is 10.0 Å². The van der Waals surface area contributed by atoms with E-state index in [-0.39, 0.29) is 12.3 Å². The Morgan fingerprint density at radius 3 is 2.57 bits per heavy atom. The van der Waals surface area contributed by atoms with E-state index < -0.39 is 21.5 Å². The fourth-order valence-electron chi connectivity index (χ4n) is 2.56. The van der Waals surface area contributed by atoms with Crippen LogP contribution in [-0.2, 0) is 20.6 Å². The molecule has 1 aliphatic rings. The summed E-state index contributed by atoms with van der Waals surface area (Å²) in [5, 5.41) is 18.0. The third kappa shape index (κ3) is 2.91. The molecule has 1 unspecified atom stereocenters. The van der Waals surface area contributed by atoms with Crippen LogP contribution in [0, 0.1) is 11.3 Å². The normalized spacial score (nSPS) is 22.9. The zero-order chi connectivity index (χ0) is 15.7. The molecule has 2 rings (SSSR count). The number of rotatable bonds is 4. The van der Waals surface area contributed by atoms with Crippen molar-refractivity contribution in [2.24, 2.45) is 0 Å². The van der Waals surface area contributed by atoms with E-state index in [1.807, 2.05) is 6.07 Å². The highest BCUT2D eigenvalue weighted by Gasteiger charge is 2.49. The monoisotopic (exact) mass is 308 g/mol. The Morgan fingerprint density at radius 1 is 1.43 bits per heavy atom. The molecule has 7 heteroatoms. The Bertz CT molecular complexity index is 691. The summed E-state index contributed by atoms with van der Waals surface area (Å²) in [5.74, 6) is -1.38. The van der Waals surface area contributed by atoms with Crippen molar-refractivity contribution in [3.05, 3.63) is 35.4 Å². The topological polar surface area (TPSA) is 98.5 Å². The minimum absolute atomic E-state index is 0.224. The Morgan fingerprint density at radius 2 is 2.05 bits per heavy atom. The Kier molecular flexibility index (Phi) is 4.03. The number of benzene rings is 1. The van der Waals surface area contributed by atoms with Crippen molar-refractivity contribution in [2.45, 2.75) is 31.1 Å². The lowest BCUT2D eigenvalue weighted by Crippen LogP contribution is -2.50. The smallest absolute Gasteiger partial charge is 0.324 e. The molecule has 1 fully saturated rings. The lowest BCUT2D eigenvalue weighted by Gasteiger charge is -2.30. The summed E-state index contributed by atoms with van der Waals surface area (Å²) in [6.45, 7) is 1.67. The second-order valence-corrected chi connectivity index (χ2v) is 7.21. The SMILES string of the molecule is CC1(C(=O)O)CCCN1S(=O)(=O)Cc1ccc(C#N)cc1. The lowest BCUT2D eigenvalue weighted by atomic mass is 10.0. The first kappa shape index (κ1) is 15.5. The van der Waals surface area contributed by atoms with Crippen LogP contribution in [0.15, 0.2) is 24.3 Å². The van der Waals surface area contributed by atoms with Crippen LogP contribution < -0.4 is 0 Å². The minimum Gasteiger partial charge on any atom is -0.480 e. The van der Waals surface area contributed by atoms with Gasteiger partial charge >= 0.3 is 5.97 Å². The predicted molar refractivity (Wildman–Crippen MR) is 75.8 cm³/mol. The zero-order valence-corrected chi connectivity index (χ0v) is 12.4. The van der Waals surface area contributed by atoms with Gasteiger partial charge in [-0.2, -0.15) is 9.57 Å². The lowest BCUT2D eigenvalue weighted by molar-refractivity contribution is -0.146. The molecule has 0 aromatic heterocycles. The van der Waals surface area contributed by atoms with E-state index in [2.05, 4.69) is 0 Å². The van der Waals surface area contributed by atoms with Crippen molar-refractivity contribution < 1.29 is 18.3 Å². The van der Waals surface area contributed by atoms with Crippen LogP contribution in [0.1, 0.15) is 30.9 Å². The molecule has 6 nitrogen and oxygen atoms in total. The summed E-state index contributed by atoms with van der Waals surface area (Å²) < 4.78 is 26.0. The number of sulfonamides is 1.